The third kappa shape index (κ3) is 2.20. The van der Waals surface area contributed by atoms with E-state index in [0.29, 0.717) is 11.0 Å². The first-order valence-corrected chi connectivity index (χ1v) is 6.59. The highest BCUT2D eigenvalue weighted by molar-refractivity contribution is 7.71. The third-order valence-corrected chi connectivity index (χ3v) is 3.62. The molecule has 0 aliphatic carbocycles. The first kappa shape index (κ1) is 13.7. The highest BCUT2D eigenvalue weighted by Gasteiger charge is 2.13. The van der Waals surface area contributed by atoms with Gasteiger partial charge in [0.25, 0.3) is 0 Å². The summed E-state index contributed by atoms with van der Waals surface area (Å²) in [4.78, 5) is 2.84. The number of halogens is 3. The minimum absolute atomic E-state index is 0.0498. The molecule has 3 nitrogen and oxygen atoms in total. The van der Waals surface area contributed by atoms with Crippen LogP contribution in [0.3, 0.4) is 0 Å². The van der Waals surface area contributed by atoms with E-state index in [1.165, 1.54) is 28.8 Å². The minimum atomic E-state index is -0.624. The van der Waals surface area contributed by atoms with Gasteiger partial charge in [-0.25, -0.2) is 8.78 Å². The van der Waals surface area contributed by atoms with Crippen LogP contribution < -0.4 is 0 Å². The summed E-state index contributed by atoms with van der Waals surface area (Å²) >= 11 is 10.9. The van der Waals surface area contributed by atoms with Gasteiger partial charge in [0.05, 0.1) is 33.4 Å². The van der Waals surface area contributed by atoms with Gasteiger partial charge in [-0.15, -0.1) is 0 Å². The van der Waals surface area contributed by atoms with Crippen LogP contribution in [0, 0.1) is 27.7 Å². The van der Waals surface area contributed by atoms with Gasteiger partial charge in [0.1, 0.15) is 11.6 Å². The van der Waals surface area contributed by atoms with Crippen molar-refractivity contribution in [1.82, 2.24) is 9.55 Å². The minimum Gasteiger partial charge on any atom is -0.330 e. The number of nitrogens with one attached hydrogen (secondary N) is 1. The van der Waals surface area contributed by atoms with Crippen molar-refractivity contribution in [3.05, 3.63) is 57.3 Å². The number of nitriles is 1. The Morgan fingerprint density at radius 3 is 2.62 bits per heavy atom. The lowest BCUT2D eigenvalue weighted by molar-refractivity contribution is 0.617. The van der Waals surface area contributed by atoms with Gasteiger partial charge in [-0.2, -0.15) is 5.26 Å². The normalized spacial score (nSPS) is 10.8. The summed E-state index contributed by atoms with van der Waals surface area (Å²) in [7, 11) is 0. The number of fused-ring (bicyclic) bond motifs is 1. The van der Waals surface area contributed by atoms with Crippen LogP contribution in [0.4, 0.5) is 8.78 Å². The average molecular weight is 322 g/mol. The second-order valence-electron chi connectivity index (χ2n) is 4.33. The van der Waals surface area contributed by atoms with E-state index in [4.69, 9.17) is 29.1 Å². The predicted octanol–water partition coefficient (Wildman–Crippen LogP) is 4.49. The van der Waals surface area contributed by atoms with Gasteiger partial charge in [-0.1, -0.05) is 11.6 Å². The fraction of sp³-hybridized carbons (Fsp3) is 0. The zero-order valence-electron chi connectivity index (χ0n) is 10.3. The molecule has 1 aromatic heterocycles. The topological polar surface area (TPSA) is 44.5 Å². The molecule has 0 radical (unpaired) electrons. The maximum Gasteiger partial charge on any atom is 0.182 e. The van der Waals surface area contributed by atoms with Crippen molar-refractivity contribution in [2.45, 2.75) is 0 Å². The van der Waals surface area contributed by atoms with Crippen molar-refractivity contribution < 1.29 is 8.78 Å². The van der Waals surface area contributed by atoms with Gasteiger partial charge in [0.2, 0.25) is 0 Å². The van der Waals surface area contributed by atoms with E-state index in [9.17, 15) is 8.78 Å². The number of benzene rings is 2. The second kappa shape index (κ2) is 4.95. The Balaban J connectivity index is 2.35. The lowest BCUT2D eigenvalue weighted by Gasteiger charge is -2.06. The van der Waals surface area contributed by atoms with Crippen LogP contribution in [0.1, 0.15) is 5.56 Å². The van der Waals surface area contributed by atoms with E-state index in [1.54, 1.807) is 0 Å². The summed E-state index contributed by atoms with van der Waals surface area (Å²) in [5.41, 5.74) is 1.18. The highest BCUT2D eigenvalue weighted by Crippen LogP contribution is 2.26. The summed E-state index contributed by atoms with van der Waals surface area (Å²) in [6.07, 6.45) is 0. The largest absolute Gasteiger partial charge is 0.330 e. The zero-order chi connectivity index (χ0) is 15.1. The van der Waals surface area contributed by atoms with Crippen molar-refractivity contribution in [2.75, 3.05) is 0 Å². The summed E-state index contributed by atoms with van der Waals surface area (Å²) in [5, 5.41) is 8.71. The van der Waals surface area contributed by atoms with E-state index in [1.807, 2.05) is 6.07 Å². The number of aromatic nitrogens is 2. The predicted molar refractivity (Wildman–Crippen MR) is 78.1 cm³/mol. The molecule has 104 valence electrons. The average Bonchev–Trinajstić information content (AvgIpc) is 2.75. The van der Waals surface area contributed by atoms with Crippen LogP contribution in [-0.4, -0.2) is 9.55 Å². The maximum absolute atomic E-state index is 14.1. The van der Waals surface area contributed by atoms with E-state index in [0.717, 1.165) is 6.07 Å². The monoisotopic (exact) mass is 321 g/mol. The Morgan fingerprint density at radius 1 is 1.19 bits per heavy atom. The van der Waals surface area contributed by atoms with Crippen LogP contribution >= 0.6 is 23.8 Å². The van der Waals surface area contributed by atoms with Crippen LogP contribution in [0.25, 0.3) is 16.7 Å². The number of hydrogen-bond donors (Lipinski definition) is 1. The molecule has 0 amide bonds. The van der Waals surface area contributed by atoms with Crippen molar-refractivity contribution in [3.63, 3.8) is 0 Å². The molecule has 0 saturated carbocycles. The fourth-order valence-corrected chi connectivity index (χ4v) is 2.57. The molecule has 0 aliphatic heterocycles. The standard InChI is InChI=1S/C14H6ClF2N3S/c15-8-4-11-13(5-9(8)16)20(14(21)19-11)12-2-1-7(6-18)3-10(12)17/h1-5H,(H,19,21). The number of imidazole rings is 1. The van der Waals surface area contributed by atoms with Gasteiger partial charge in [0.15, 0.2) is 4.77 Å². The fourth-order valence-electron chi connectivity index (χ4n) is 2.10. The van der Waals surface area contributed by atoms with Gasteiger partial charge >= 0.3 is 0 Å². The van der Waals surface area contributed by atoms with Crippen molar-refractivity contribution in [2.24, 2.45) is 0 Å². The summed E-state index contributed by atoms with van der Waals surface area (Å²) in [5.74, 6) is -1.25. The van der Waals surface area contributed by atoms with E-state index < -0.39 is 11.6 Å². The Morgan fingerprint density at radius 2 is 1.95 bits per heavy atom. The van der Waals surface area contributed by atoms with Crippen LogP contribution in [0.5, 0.6) is 0 Å². The van der Waals surface area contributed by atoms with Crippen molar-refractivity contribution >= 4 is 34.9 Å². The number of nitrogens with zero attached hydrogens (tertiary/aromatic N) is 2. The Labute approximate surface area is 128 Å². The molecule has 0 bridgehead atoms. The van der Waals surface area contributed by atoms with E-state index in [-0.39, 0.29) is 21.0 Å². The lowest BCUT2D eigenvalue weighted by Crippen LogP contribution is -1.98. The molecule has 0 unspecified atom stereocenters. The molecular formula is C14H6ClF2N3S. The van der Waals surface area contributed by atoms with Gasteiger partial charge in [-0.05, 0) is 36.5 Å². The van der Waals surface area contributed by atoms with E-state index >= 15 is 0 Å². The van der Waals surface area contributed by atoms with Crippen LogP contribution in [-0.2, 0) is 0 Å². The molecule has 0 fully saturated rings. The summed E-state index contributed by atoms with van der Waals surface area (Å²) in [6, 6.07) is 8.40. The molecule has 21 heavy (non-hydrogen) atoms. The molecule has 0 saturated heterocycles. The lowest BCUT2D eigenvalue weighted by atomic mass is 10.2. The van der Waals surface area contributed by atoms with Crippen molar-refractivity contribution in [1.29, 1.82) is 5.26 Å². The maximum atomic E-state index is 14.1. The highest BCUT2D eigenvalue weighted by atomic mass is 35.5. The Kier molecular flexibility index (Phi) is 3.24. The Hall–Kier alpha value is -2.23. The number of aromatic amines is 1. The van der Waals surface area contributed by atoms with E-state index in [2.05, 4.69) is 4.98 Å². The van der Waals surface area contributed by atoms with Gasteiger partial charge in [0, 0.05) is 6.07 Å². The zero-order valence-corrected chi connectivity index (χ0v) is 11.9. The molecule has 1 N–H and O–H groups in total. The van der Waals surface area contributed by atoms with Crippen LogP contribution in [0.2, 0.25) is 5.02 Å². The number of hydrogen-bond acceptors (Lipinski definition) is 2. The second-order valence-corrected chi connectivity index (χ2v) is 5.12. The molecule has 2 aromatic carbocycles. The SMILES string of the molecule is N#Cc1ccc(-n2c(=S)[nH]c3cc(Cl)c(F)cc32)c(F)c1. The molecule has 0 spiro atoms. The van der Waals surface area contributed by atoms with Gasteiger partial charge in [-0.3, -0.25) is 4.57 Å². The first-order chi connectivity index (χ1) is 10.0. The third-order valence-electron chi connectivity index (χ3n) is 3.04. The smallest absolute Gasteiger partial charge is 0.182 e. The molecule has 0 atom stereocenters. The number of rotatable bonds is 1. The summed E-state index contributed by atoms with van der Waals surface area (Å²) < 4.78 is 29.3. The first-order valence-electron chi connectivity index (χ1n) is 5.81. The summed E-state index contributed by atoms with van der Waals surface area (Å²) in [6.45, 7) is 0. The van der Waals surface area contributed by atoms with Gasteiger partial charge < -0.3 is 4.98 Å². The molecule has 0 aliphatic rings. The van der Waals surface area contributed by atoms with Crippen molar-refractivity contribution in [3.8, 4) is 11.8 Å². The van der Waals surface area contributed by atoms with Crippen LogP contribution in [0.15, 0.2) is 30.3 Å². The molecule has 7 heteroatoms. The molecule has 1 heterocycles. The quantitative estimate of drug-likeness (QED) is 0.671. The molecular weight excluding hydrogens is 316 g/mol. The molecule has 3 rings (SSSR count). The molecule has 3 aromatic rings. The Bertz CT molecular complexity index is 969. The number of H-pyrrole nitrogens is 1.